The smallest absolute Gasteiger partial charge is 0.249 e. The number of amides is 1. The van der Waals surface area contributed by atoms with E-state index in [1.807, 2.05) is 67.6 Å². The molecule has 2 atom stereocenters. The van der Waals surface area contributed by atoms with E-state index in [2.05, 4.69) is 5.32 Å². The Morgan fingerprint density at radius 2 is 1.57 bits per heavy atom. The molecule has 0 spiro atoms. The number of benzene rings is 2. The van der Waals surface area contributed by atoms with Crippen molar-refractivity contribution >= 4 is 5.91 Å². The van der Waals surface area contributed by atoms with E-state index in [9.17, 15) is 4.79 Å². The molecule has 0 aliphatic rings. The number of rotatable bonds is 6. The van der Waals surface area contributed by atoms with E-state index in [1.165, 1.54) is 0 Å². The molecule has 3 nitrogen and oxygen atoms in total. The van der Waals surface area contributed by atoms with Crippen molar-refractivity contribution in [3.8, 4) is 0 Å². The van der Waals surface area contributed by atoms with E-state index in [4.69, 9.17) is 4.74 Å². The van der Waals surface area contributed by atoms with Crippen LogP contribution in [0.1, 0.15) is 31.0 Å². The molecule has 110 valence electrons. The third-order valence-electron chi connectivity index (χ3n) is 3.37. The van der Waals surface area contributed by atoms with Crippen LogP contribution in [0, 0.1) is 0 Å². The Hall–Kier alpha value is -2.13. The third kappa shape index (κ3) is 4.72. The minimum Gasteiger partial charge on any atom is -0.364 e. The second kappa shape index (κ2) is 7.60. The maximum Gasteiger partial charge on any atom is 0.249 e. The zero-order valence-electron chi connectivity index (χ0n) is 12.5. The van der Waals surface area contributed by atoms with Gasteiger partial charge in [0.05, 0.1) is 12.6 Å². The second-order valence-corrected chi connectivity index (χ2v) is 5.08. The summed E-state index contributed by atoms with van der Waals surface area (Å²) in [4.78, 5) is 12.1. The van der Waals surface area contributed by atoms with Crippen LogP contribution in [0.4, 0.5) is 0 Å². The Morgan fingerprint density at radius 1 is 1.00 bits per heavy atom. The van der Waals surface area contributed by atoms with Crippen LogP contribution in [-0.4, -0.2) is 12.0 Å². The van der Waals surface area contributed by atoms with Crippen LogP contribution in [0.2, 0.25) is 0 Å². The fourth-order valence-corrected chi connectivity index (χ4v) is 2.03. The molecule has 0 heterocycles. The van der Waals surface area contributed by atoms with E-state index in [0.717, 1.165) is 11.1 Å². The van der Waals surface area contributed by atoms with Crippen LogP contribution in [0.15, 0.2) is 60.7 Å². The number of hydrogen-bond acceptors (Lipinski definition) is 2. The highest BCUT2D eigenvalue weighted by atomic mass is 16.5. The SMILES string of the molecule is C[C@H](NC(=O)[C@@H](C)OCc1ccccc1)c1ccccc1. The minimum atomic E-state index is -0.476. The molecule has 2 aromatic rings. The van der Waals surface area contributed by atoms with E-state index in [1.54, 1.807) is 6.92 Å². The first-order valence-corrected chi connectivity index (χ1v) is 7.17. The average Bonchev–Trinajstić information content (AvgIpc) is 2.54. The lowest BCUT2D eigenvalue weighted by molar-refractivity contribution is -0.133. The predicted molar refractivity (Wildman–Crippen MR) is 83.7 cm³/mol. The van der Waals surface area contributed by atoms with Crippen molar-refractivity contribution in [2.45, 2.75) is 32.6 Å². The lowest BCUT2D eigenvalue weighted by Gasteiger charge is -2.18. The van der Waals surface area contributed by atoms with Gasteiger partial charge in [-0.25, -0.2) is 0 Å². The number of carbonyl (C=O) groups excluding carboxylic acids is 1. The summed E-state index contributed by atoms with van der Waals surface area (Å²) in [5.41, 5.74) is 2.15. The molecule has 2 aromatic carbocycles. The van der Waals surface area contributed by atoms with Gasteiger partial charge in [0.1, 0.15) is 6.10 Å². The van der Waals surface area contributed by atoms with Gasteiger partial charge in [-0.2, -0.15) is 0 Å². The van der Waals surface area contributed by atoms with Crippen molar-refractivity contribution in [1.82, 2.24) is 5.32 Å². The normalized spacial score (nSPS) is 13.4. The highest BCUT2D eigenvalue weighted by molar-refractivity contribution is 5.80. The van der Waals surface area contributed by atoms with Gasteiger partial charge in [-0.15, -0.1) is 0 Å². The molecule has 1 amide bonds. The molecule has 2 rings (SSSR count). The van der Waals surface area contributed by atoms with Gasteiger partial charge in [0.2, 0.25) is 5.91 Å². The summed E-state index contributed by atoms with van der Waals surface area (Å²) < 4.78 is 5.61. The molecule has 0 radical (unpaired) electrons. The molecule has 3 heteroatoms. The molecule has 0 saturated carbocycles. The molecule has 0 aliphatic heterocycles. The lowest BCUT2D eigenvalue weighted by Crippen LogP contribution is -2.36. The van der Waals surface area contributed by atoms with Gasteiger partial charge < -0.3 is 10.1 Å². The Balaban J connectivity index is 1.82. The summed E-state index contributed by atoms with van der Waals surface area (Å²) in [6.07, 6.45) is -0.476. The maximum atomic E-state index is 12.1. The quantitative estimate of drug-likeness (QED) is 0.881. The summed E-state index contributed by atoms with van der Waals surface area (Å²) in [6.45, 7) is 4.18. The van der Waals surface area contributed by atoms with Crippen LogP contribution in [0.25, 0.3) is 0 Å². The van der Waals surface area contributed by atoms with Crippen molar-refractivity contribution in [1.29, 1.82) is 0 Å². The molecule has 0 aliphatic carbocycles. The molecular formula is C18H21NO2. The topological polar surface area (TPSA) is 38.3 Å². The zero-order chi connectivity index (χ0) is 15.1. The van der Waals surface area contributed by atoms with E-state index in [0.29, 0.717) is 6.61 Å². The first-order chi connectivity index (χ1) is 10.2. The Kier molecular flexibility index (Phi) is 5.52. The zero-order valence-corrected chi connectivity index (χ0v) is 12.5. The second-order valence-electron chi connectivity index (χ2n) is 5.08. The van der Waals surface area contributed by atoms with Gasteiger partial charge in [0.15, 0.2) is 0 Å². The highest BCUT2D eigenvalue weighted by Crippen LogP contribution is 2.12. The maximum absolute atomic E-state index is 12.1. The molecule has 0 aromatic heterocycles. The summed E-state index contributed by atoms with van der Waals surface area (Å²) in [5.74, 6) is -0.0951. The molecule has 21 heavy (non-hydrogen) atoms. The first kappa shape index (κ1) is 15.3. The fourth-order valence-electron chi connectivity index (χ4n) is 2.03. The van der Waals surface area contributed by atoms with Crippen molar-refractivity contribution in [2.75, 3.05) is 0 Å². The fraction of sp³-hybridized carbons (Fsp3) is 0.278. The highest BCUT2D eigenvalue weighted by Gasteiger charge is 2.16. The molecule has 1 N–H and O–H groups in total. The van der Waals surface area contributed by atoms with Gasteiger partial charge in [-0.3, -0.25) is 4.79 Å². The number of nitrogens with one attached hydrogen (secondary N) is 1. The van der Waals surface area contributed by atoms with Crippen LogP contribution in [-0.2, 0) is 16.1 Å². The number of ether oxygens (including phenoxy) is 1. The molecule has 0 fully saturated rings. The van der Waals surface area contributed by atoms with Crippen molar-refractivity contribution in [3.63, 3.8) is 0 Å². The van der Waals surface area contributed by atoms with Gasteiger partial charge in [-0.1, -0.05) is 60.7 Å². The standard InChI is InChI=1S/C18H21NO2/c1-14(17-11-7-4-8-12-17)19-18(20)15(2)21-13-16-9-5-3-6-10-16/h3-12,14-15H,13H2,1-2H3,(H,19,20)/t14-,15+/m0/s1. The number of hydrogen-bond donors (Lipinski definition) is 1. The third-order valence-corrected chi connectivity index (χ3v) is 3.37. The molecule has 0 unspecified atom stereocenters. The monoisotopic (exact) mass is 283 g/mol. The molecule has 0 bridgehead atoms. The predicted octanol–water partition coefficient (Wildman–Crippen LogP) is 3.47. The van der Waals surface area contributed by atoms with Gasteiger partial charge >= 0.3 is 0 Å². The van der Waals surface area contributed by atoms with Gasteiger partial charge in [-0.05, 0) is 25.0 Å². The van der Waals surface area contributed by atoms with Crippen LogP contribution in [0.3, 0.4) is 0 Å². The Labute approximate surface area is 126 Å². The van der Waals surface area contributed by atoms with Crippen molar-refractivity contribution in [2.24, 2.45) is 0 Å². The van der Waals surface area contributed by atoms with Crippen molar-refractivity contribution < 1.29 is 9.53 Å². The van der Waals surface area contributed by atoms with E-state index in [-0.39, 0.29) is 11.9 Å². The van der Waals surface area contributed by atoms with Crippen LogP contribution >= 0.6 is 0 Å². The summed E-state index contributed by atoms with van der Waals surface area (Å²) in [5, 5.41) is 2.97. The van der Waals surface area contributed by atoms with Crippen molar-refractivity contribution in [3.05, 3.63) is 71.8 Å². The Bertz CT molecular complexity index is 554. The van der Waals surface area contributed by atoms with E-state index >= 15 is 0 Å². The van der Waals surface area contributed by atoms with Gasteiger partial charge in [0.25, 0.3) is 0 Å². The van der Waals surface area contributed by atoms with Crippen LogP contribution < -0.4 is 5.32 Å². The number of carbonyl (C=O) groups is 1. The first-order valence-electron chi connectivity index (χ1n) is 7.17. The molecular weight excluding hydrogens is 262 g/mol. The summed E-state index contributed by atoms with van der Waals surface area (Å²) >= 11 is 0. The minimum absolute atomic E-state index is 0.0264. The van der Waals surface area contributed by atoms with E-state index < -0.39 is 6.10 Å². The Morgan fingerprint density at radius 3 is 2.19 bits per heavy atom. The lowest BCUT2D eigenvalue weighted by atomic mass is 10.1. The average molecular weight is 283 g/mol. The summed E-state index contributed by atoms with van der Waals surface area (Å²) in [7, 11) is 0. The largest absolute Gasteiger partial charge is 0.364 e. The van der Waals surface area contributed by atoms with Crippen LogP contribution in [0.5, 0.6) is 0 Å². The molecule has 0 saturated heterocycles. The summed E-state index contributed by atoms with van der Waals surface area (Å²) in [6, 6.07) is 19.7. The van der Waals surface area contributed by atoms with Gasteiger partial charge in [0, 0.05) is 0 Å².